The first kappa shape index (κ1) is 41.6. The van der Waals surface area contributed by atoms with Crippen LogP contribution in [0.5, 0.6) is 0 Å². The second kappa shape index (κ2) is 24.3. The second-order valence-electron chi connectivity index (χ2n) is 5.36. The molecule has 0 aromatic heterocycles. The molecule has 0 unspecified atom stereocenters. The van der Waals surface area contributed by atoms with E-state index in [9.17, 15) is 44.4 Å². The summed E-state index contributed by atoms with van der Waals surface area (Å²) < 4.78 is 0. The molecule has 0 spiro atoms. The van der Waals surface area contributed by atoms with Gasteiger partial charge in [-0.15, -0.1) is 0 Å². The van der Waals surface area contributed by atoms with E-state index in [2.05, 4.69) is 32.9 Å². The van der Waals surface area contributed by atoms with Gasteiger partial charge in [0.2, 0.25) is 0 Å². The Kier molecular flexibility index (Phi) is 32.6. The van der Waals surface area contributed by atoms with Gasteiger partial charge in [0.05, 0.1) is 23.9 Å². The second-order valence-corrected chi connectivity index (χ2v) is 5.36. The van der Waals surface area contributed by atoms with Gasteiger partial charge in [0.15, 0.2) is 0 Å². The number of carbonyl (C=O) groups is 5. The minimum Gasteiger partial charge on any atom is -0.545 e. The molecule has 0 heterocycles. The number of hydrogen-bond donors (Lipinski definition) is 1. The molecule has 0 aliphatic carbocycles. The number of carboxylic acid groups (broad SMARTS) is 5. The third-order valence-electron chi connectivity index (χ3n) is 1.76. The van der Waals surface area contributed by atoms with Crippen LogP contribution in [0.1, 0.15) is 34.6 Å². The molecule has 0 aromatic carbocycles. The molecule has 1 N–H and O–H groups in total. The minimum absolute atomic E-state index is 0. The molecule has 31 heavy (non-hydrogen) atoms. The average molecular weight is 455 g/mol. The van der Waals surface area contributed by atoms with Crippen LogP contribution in [0, 0.1) is 0 Å². The maximum absolute atomic E-state index is 9.60. The molecule has 0 radical (unpaired) electrons. The van der Waals surface area contributed by atoms with Gasteiger partial charge in [-0.3, -0.25) is 0 Å². The summed E-state index contributed by atoms with van der Waals surface area (Å²) in [6.45, 7) is 22.5. The predicted octanol–water partition coefficient (Wildman–Crippen LogP) is -2.48. The summed E-state index contributed by atoms with van der Waals surface area (Å²) in [5.74, 6) is -5.68. The van der Waals surface area contributed by atoms with Gasteiger partial charge in [0.1, 0.15) is 0 Å². The van der Waals surface area contributed by atoms with Gasteiger partial charge in [-0.05, 0) is 56.9 Å². The van der Waals surface area contributed by atoms with Gasteiger partial charge in [0.25, 0.3) is 0 Å². The number of aliphatic carboxylic acids is 5. The van der Waals surface area contributed by atoms with Crippen molar-refractivity contribution in [2.45, 2.75) is 34.6 Å². The predicted molar refractivity (Wildman–Crippen MR) is 107 cm³/mol. The molecule has 0 fully saturated rings. The van der Waals surface area contributed by atoms with Crippen LogP contribution in [-0.4, -0.2) is 45.9 Å². The van der Waals surface area contributed by atoms with Crippen molar-refractivity contribution in [3.05, 3.63) is 60.8 Å². The maximum atomic E-state index is 9.60. The fourth-order valence-electron chi connectivity index (χ4n) is 0. The van der Waals surface area contributed by atoms with Crippen LogP contribution < -0.4 is 20.4 Å². The van der Waals surface area contributed by atoms with E-state index in [0.29, 0.717) is 0 Å². The molecule has 0 amide bonds. The Morgan fingerprint density at radius 2 is 0.548 bits per heavy atom. The van der Waals surface area contributed by atoms with E-state index < -0.39 is 29.8 Å². The van der Waals surface area contributed by atoms with Gasteiger partial charge < -0.3 is 44.7 Å². The van der Waals surface area contributed by atoms with Crippen molar-refractivity contribution >= 4 is 40.8 Å². The smallest absolute Gasteiger partial charge is 0.545 e. The average Bonchev–Trinajstić information content (AvgIpc) is 2.56. The largest absolute Gasteiger partial charge is 4.00 e. The summed E-state index contributed by atoms with van der Waals surface area (Å²) >= 11 is 0. The monoisotopic (exact) mass is 454 g/mol. The Bertz CT molecular complexity index is 503. The van der Waals surface area contributed by atoms with Crippen LogP contribution in [0.25, 0.3) is 0 Å². The minimum atomic E-state index is -1.19. The van der Waals surface area contributed by atoms with Crippen molar-refractivity contribution in [1.29, 1.82) is 0 Å². The number of hydrogen-bond acceptors (Lipinski definition) is 9. The van der Waals surface area contributed by atoms with Crippen LogP contribution in [-0.2, 0) is 24.0 Å². The van der Waals surface area contributed by atoms with E-state index in [1.165, 1.54) is 34.6 Å². The molecule has 0 saturated carbocycles. The maximum Gasteiger partial charge on any atom is 4.00 e. The summed E-state index contributed by atoms with van der Waals surface area (Å²) in [4.78, 5) is 47.6. The van der Waals surface area contributed by atoms with Crippen LogP contribution in [0.4, 0.5) is 0 Å². The molecule has 0 rings (SSSR count). The normalized spacial score (nSPS) is 7.26. The Morgan fingerprint density at radius 1 is 0.484 bits per heavy atom. The van der Waals surface area contributed by atoms with E-state index in [1.807, 2.05) is 0 Å². The van der Waals surface area contributed by atoms with E-state index in [4.69, 9.17) is 5.11 Å². The third kappa shape index (κ3) is 58.5. The van der Waals surface area contributed by atoms with Crippen molar-refractivity contribution in [3.63, 3.8) is 0 Å². The molecule has 0 aliphatic rings. The van der Waals surface area contributed by atoms with Crippen LogP contribution in [0.2, 0.25) is 0 Å². The zero-order valence-electron chi connectivity index (χ0n) is 18.2. The summed E-state index contributed by atoms with van der Waals surface area (Å²) in [7, 11) is 0. The Labute approximate surface area is 186 Å². The van der Waals surface area contributed by atoms with E-state index in [0.717, 1.165) is 0 Å². The fraction of sp³-hybridized carbons (Fsp3) is 0.250. The molecule has 170 valence electrons. The van der Waals surface area contributed by atoms with Gasteiger partial charge in [-0.1, -0.05) is 32.9 Å². The van der Waals surface area contributed by atoms with Crippen molar-refractivity contribution in [3.8, 4) is 0 Å². The summed E-state index contributed by atoms with van der Waals surface area (Å²) in [6.07, 6.45) is 0. The fourth-order valence-corrected chi connectivity index (χ4v) is 0. The Balaban J connectivity index is -0.0000000625. The zero-order valence-corrected chi connectivity index (χ0v) is 19.2. The topological polar surface area (TPSA) is 198 Å². The van der Waals surface area contributed by atoms with Crippen molar-refractivity contribution in [2.24, 2.45) is 0 Å². The molecule has 11 heteroatoms. The third-order valence-corrected chi connectivity index (χ3v) is 1.76. The summed E-state index contributed by atoms with van der Waals surface area (Å²) in [5, 5.41) is 45.8. The Morgan fingerprint density at radius 3 is 0.548 bits per heavy atom. The first-order valence-electron chi connectivity index (χ1n) is 7.58. The summed E-state index contributed by atoms with van der Waals surface area (Å²) in [6, 6.07) is 0. The van der Waals surface area contributed by atoms with Crippen molar-refractivity contribution < 1.29 is 49.5 Å². The first-order chi connectivity index (χ1) is 13.2. The van der Waals surface area contributed by atoms with Crippen LogP contribution in [0.3, 0.4) is 0 Å². The molecule has 0 aliphatic heterocycles. The van der Waals surface area contributed by atoms with Crippen molar-refractivity contribution in [2.75, 3.05) is 0 Å². The molecule has 0 saturated heterocycles. The summed E-state index contributed by atoms with van der Waals surface area (Å²) in [5.41, 5.74) is 0.435. The number of rotatable bonds is 5. The van der Waals surface area contributed by atoms with E-state index in [-0.39, 0.29) is 38.8 Å². The standard InChI is InChI=1S/5C4H6O2.Si/c5*1-3(2)4(5)6;/h5*1H2,2H3,(H,5,6);/q;;;;;+4/p-4. The van der Waals surface area contributed by atoms with Gasteiger partial charge in [-0.2, -0.15) is 0 Å². The van der Waals surface area contributed by atoms with Gasteiger partial charge >= 0.3 is 16.9 Å². The number of carboxylic acids is 5. The van der Waals surface area contributed by atoms with E-state index in [1.54, 1.807) is 0 Å². The quantitative estimate of drug-likeness (QED) is 0.342. The first-order valence-corrected chi connectivity index (χ1v) is 7.58. The molecule has 0 bridgehead atoms. The zero-order chi connectivity index (χ0) is 25.8. The number of carbonyl (C=O) groups excluding carboxylic acids is 4. The van der Waals surface area contributed by atoms with Crippen LogP contribution in [0.15, 0.2) is 60.8 Å². The molecular weight excluding hydrogens is 428 g/mol. The van der Waals surface area contributed by atoms with Gasteiger partial charge in [0, 0.05) is 5.57 Å². The SMILES string of the molecule is C=C(C)C(=O)O.C=C(C)C(=O)[O-].C=C(C)C(=O)[O-].C=C(C)C(=O)[O-].C=C(C)C(=O)[O-].[Si+4]. The molecule has 0 aromatic rings. The van der Waals surface area contributed by atoms with Crippen molar-refractivity contribution in [1.82, 2.24) is 0 Å². The molecular formula is C20H26O10Si. The van der Waals surface area contributed by atoms with E-state index >= 15 is 0 Å². The molecule has 10 nitrogen and oxygen atoms in total. The molecule has 0 atom stereocenters. The van der Waals surface area contributed by atoms with Crippen LogP contribution >= 0.6 is 0 Å². The Hall–Kier alpha value is -3.73. The van der Waals surface area contributed by atoms with Gasteiger partial charge in [-0.25, -0.2) is 4.79 Å².